The van der Waals surface area contributed by atoms with E-state index in [-0.39, 0.29) is 58.2 Å². The summed E-state index contributed by atoms with van der Waals surface area (Å²) in [6, 6.07) is 0. The van der Waals surface area contributed by atoms with Crippen molar-refractivity contribution in [2.75, 3.05) is 20.1 Å². The molecule has 4 heteroatoms. The molecule has 0 aromatic carbocycles. The van der Waals surface area contributed by atoms with Gasteiger partial charge in [0.15, 0.2) is 0 Å². The zero-order valence-corrected chi connectivity index (χ0v) is 10.9. The van der Waals surface area contributed by atoms with Gasteiger partial charge in [0, 0.05) is 5.11 Å². The molecule has 0 atom stereocenters. The van der Waals surface area contributed by atoms with Crippen molar-refractivity contribution in [3.8, 4) is 0 Å². The first-order valence-corrected chi connectivity index (χ1v) is 2.64. The molecule has 1 aliphatic rings. The van der Waals surface area contributed by atoms with Crippen molar-refractivity contribution >= 4 is 17.3 Å². The molecule has 40 valence electrons. The number of likely N-dealkylation sites (N-methyl/N-ethyl adjacent to an activating group) is 1. The standard InChI is InChI=1S/C4H8N2S.Rb/c1-6-3-2-5-4(6)7;/h2-3H2,1H3,(H,5,7);/q;+1/p-1. The smallest absolute Gasteiger partial charge is 0.463 e. The van der Waals surface area contributed by atoms with Gasteiger partial charge in [0.25, 0.3) is 0 Å². The van der Waals surface area contributed by atoms with Crippen molar-refractivity contribution in [2.45, 2.75) is 0 Å². The van der Waals surface area contributed by atoms with Crippen LogP contribution >= 0.6 is 12.2 Å². The van der Waals surface area contributed by atoms with Crippen molar-refractivity contribution in [1.29, 1.82) is 0 Å². The molecule has 0 aromatic heterocycles. The van der Waals surface area contributed by atoms with Gasteiger partial charge in [-0.25, -0.2) is 0 Å². The Morgan fingerprint density at radius 3 is 2.50 bits per heavy atom. The van der Waals surface area contributed by atoms with Crippen molar-refractivity contribution in [2.24, 2.45) is 0 Å². The van der Waals surface area contributed by atoms with Gasteiger partial charge in [-0.1, -0.05) is 32.4 Å². The summed E-state index contributed by atoms with van der Waals surface area (Å²) in [5.41, 5.74) is 0. The summed E-state index contributed by atoms with van der Waals surface area (Å²) in [4.78, 5) is 1.97. The Kier molecular flexibility index (Phi) is 5.14. The quantitative estimate of drug-likeness (QED) is 0.406. The molecule has 2 nitrogen and oxygen atoms in total. The summed E-state index contributed by atoms with van der Waals surface area (Å²) >= 11 is 4.80. The van der Waals surface area contributed by atoms with E-state index in [4.69, 9.17) is 12.2 Å². The fourth-order valence-corrected chi connectivity index (χ4v) is 0.695. The first-order valence-electron chi connectivity index (χ1n) is 2.23. The number of hydrogen-bond donors (Lipinski definition) is 0. The normalized spacial score (nSPS) is 17.6. The van der Waals surface area contributed by atoms with E-state index in [2.05, 4.69) is 5.32 Å². The molecule has 0 aromatic rings. The van der Waals surface area contributed by atoms with Crippen LogP contribution in [0.5, 0.6) is 0 Å². The third kappa shape index (κ3) is 2.39. The number of nitrogens with zero attached hydrogens (tertiary/aromatic N) is 2. The van der Waals surface area contributed by atoms with E-state index < -0.39 is 0 Å². The van der Waals surface area contributed by atoms with Crippen LogP contribution in [0, 0.1) is 0 Å². The van der Waals surface area contributed by atoms with Crippen LogP contribution in [-0.2, 0) is 0 Å². The molecule has 0 bridgehead atoms. The predicted molar refractivity (Wildman–Crippen MR) is 33.5 cm³/mol. The molecule has 1 saturated heterocycles. The molecule has 1 aliphatic heterocycles. The molecule has 1 heterocycles. The Labute approximate surface area is 104 Å². The van der Waals surface area contributed by atoms with Crippen LogP contribution in [0.25, 0.3) is 5.32 Å². The minimum Gasteiger partial charge on any atom is -0.463 e. The van der Waals surface area contributed by atoms with Crippen LogP contribution in [0.3, 0.4) is 0 Å². The van der Waals surface area contributed by atoms with Gasteiger partial charge < -0.3 is 10.2 Å². The van der Waals surface area contributed by atoms with E-state index in [0.717, 1.165) is 18.2 Å². The summed E-state index contributed by atoms with van der Waals surface area (Å²) in [5.74, 6) is 0. The maximum atomic E-state index is 4.80. The molecular formula is C4H7N2RbS. The topological polar surface area (TPSA) is 17.3 Å². The number of rotatable bonds is 0. The summed E-state index contributed by atoms with van der Waals surface area (Å²) < 4.78 is 0. The maximum absolute atomic E-state index is 4.80. The van der Waals surface area contributed by atoms with E-state index in [1.165, 1.54) is 0 Å². The second kappa shape index (κ2) is 4.33. The Morgan fingerprint density at radius 1 is 1.75 bits per heavy atom. The van der Waals surface area contributed by atoms with E-state index >= 15 is 0 Å². The van der Waals surface area contributed by atoms with Crippen molar-refractivity contribution in [3.63, 3.8) is 0 Å². The summed E-state index contributed by atoms with van der Waals surface area (Å²) in [7, 11) is 1.96. The number of hydrogen-bond acceptors (Lipinski definition) is 1. The van der Waals surface area contributed by atoms with E-state index in [1.54, 1.807) is 0 Å². The minimum absolute atomic E-state index is 0. The van der Waals surface area contributed by atoms with Crippen LogP contribution in [0.15, 0.2) is 0 Å². The van der Waals surface area contributed by atoms with Crippen molar-refractivity contribution in [3.05, 3.63) is 5.32 Å². The Bertz CT molecular complexity index is 96.0. The molecular weight excluding hydrogens is 194 g/mol. The summed E-state index contributed by atoms with van der Waals surface area (Å²) in [5, 5.41) is 4.72. The maximum Gasteiger partial charge on any atom is 1.00 e. The second-order valence-electron chi connectivity index (χ2n) is 1.59. The van der Waals surface area contributed by atoms with Gasteiger partial charge in [0.05, 0.1) is 0 Å². The molecule has 1 fully saturated rings. The van der Waals surface area contributed by atoms with Gasteiger partial charge >= 0.3 is 58.2 Å². The molecule has 1 rings (SSSR count). The fourth-order valence-electron chi connectivity index (χ4n) is 0.512. The van der Waals surface area contributed by atoms with E-state index in [0.29, 0.717) is 0 Å². The SMILES string of the molecule is CN1CC[N-]C1=S.[Rb+]. The zero-order chi connectivity index (χ0) is 5.28. The molecule has 0 N–H and O–H groups in total. The molecule has 0 saturated carbocycles. The first-order chi connectivity index (χ1) is 3.30. The minimum atomic E-state index is 0. The van der Waals surface area contributed by atoms with Crippen molar-refractivity contribution in [1.82, 2.24) is 4.90 Å². The van der Waals surface area contributed by atoms with Crippen molar-refractivity contribution < 1.29 is 58.2 Å². The monoisotopic (exact) mass is 200 g/mol. The van der Waals surface area contributed by atoms with Gasteiger partial charge in [0.1, 0.15) is 0 Å². The molecule has 0 aliphatic carbocycles. The third-order valence-electron chi connectivity index (χ3n) is 1.01. The first kappa shape index (κ1) is 9.50. The largest absolute Gasteiger partial charge is 1.00 e. The zero-order valence-electron chi connectivity index (χ0n) is 5.22. The predicted octanol–water partition coefficient (Wildman–Crippen LogP) is -2.41. The van der Waals surface area contributed by atoms with Gasteiger partial charge in [0.2, 0.25) is 0 Å². The van der Waals surface area contributed by atoms with Gasteiger partial charge in [-0.05, 0) is 0 Å². The van der Waals surface area contributed by atoms with Gasteiger partial charge in [-0.2, -0.15) is 0 Å². The van der Waals surface area contributed by atoms with Gasteiger partial charge in [-0.3, -0.25) is 0 Å². The molecule has 0 amide bonds. The third-order valence-corrected chi connectivity index (χ3v) is 1.45. The Balaban J connectivity index is 0.000000490. The van der Waals surface area contributed by atoms with Crippen LogP contribution in [0.4, 0.5) is 0 Å². The average Bonchev–Trinajstić information content (AvgIpc) is 1.91. The van der Waals surface area contributed by atoms with Crippen LogP contribution in [0.1, 0.15) is 0 Å². The van der Waals surface area contributed by atoms with Gasteiger partial charge in [-0.15, -0.1) is 0 Å². The summed E-state index contributed by atoms with van der Waals surface area (Å²) in [6.45, 7) is 1.88. The Morgan fingerprint density at radius 2 is 2.38 bits per heavy atom. The molecule has 0 radical (unpaired) electrons. The Hall–Kier alpha value is 1.50. The number of thiocarbonyl (C=S) groups is 1. The molecule has 0 unspecified atom stereocenters. The molecule has 0 spiro atoms. The van der Waals surface area contributed by atoms with E-state index in [1.807, 2.05) is 11.9 Å². The van der Waals surface area contributed by atoms with Crippen LogP contribution in [-0.4, -0.2) is 30.1 Å². The fraction of sp³-hybridized carbons (Fsp3) is 0.750. The van der Waals surface area contributed by atoms with E-state index in [9.17, 15) is 0 Å². The second-order valence-corrected chi connectivity index (χ2v) is 1.95. The summed E-state index contributed by atoms with van der Waals surface area (Å²) in [6.07, 6.45) is 0. The average molecular weight is 201 g/mol. The van der Waals surface area contributed by atoms with Crippen LogP contribution in [0.2, 0.25) is 0 Å². The van der Waals surface area contributed by atoms with Crippen LogP contribution < -0.4 is 58.2 Å². The molecule has 8 heavy (non-hydrogen) atoms.